The molecule has 3 heterocycles. The first-order valence-corrected chi connectivity index (χ1v) is 7.74. The van der Waals surface area contributed by atoms with Crippen molar-refractivity contribution < 1.29 is 13.2 Å². The Morgan fingerprint density at radius 3 is 2.68 bits per heavy atom. The molecule has 2 N–H and O–H groups in total. The summed E-state index contributed by atoms with van der Waals surface area (Å²) in [5.41, 5.74) is 6.06. The van der Waals surface area contributed by atoms with Gasteiger partial charge in [-0.2, -0.15) is 19.5 Å². The van der Waals surface area contributed by atoms with E-state index in [-0.39, 0.29) is 17.6 Å². The number of rotatable bonds is 3. The minimum absolute atomic E-state index is 0.000467. The summed E-state index contributed by atoms with van der Waals surface area (Å²) < 4.78 is 29.1. The summed E-state index contributed by atoms with van der Waals surface area (Å²) in [7, 11) is -2.15. The van der Waals surface area contributed by atoms with Crippen LogP contribution in [-0.4, -0.2) is 56.3 Å². The highest BCUT2D eigenvalue weighted by Gasteiger charge is 2.18. The summed E-state index contributed by atoms with van der Waals surface area (Å²) >= 11 is 0. The van der Waals surface area contributed by atoms with Gasteiger partial charge in [-0.25, -0.2) is 18.4 Å². The second-order valence-electron chi connectivity index (χ2n) is 4.23. The van der Waals surface area contributed by atoms with Crippen molar-refractivity contribution in [3.63, 3.8) is 0 Å². The largest absolute Gasteiger partial charge is 0.481 e. The molecule has 0 unspecified atom stereocenters. The van der Waals surface area contributed by atoms with E-state index in [9.17, 15) is 8.42 Å². The van der Waals surface area contributed by atoms with Gasteiger partial charge in [0.2, 0.25) is 27.5 Å². The number of methoxy groups -OCH3 is 1. The smallest absolute Gasteiger partial charge is 0.258 e. The summed E-state index contributed by atoms with van der Waals surface area (Å²) in [4.78, 5) is 19.5. The third kappa shape index (κ3) is 2.39. The third-order valence-electron chi connectivity index (χ3n) is 2.62. The summed E-state index contributed by atoms with van der Waals surface area (Å²) in [6.45, 7) is 0. The van der Waals surface area contributed by atoms with Gasteiger partial charge in [-0.05, 0) is 0 Å². The maximum absolute atomic E-state index is 11.5. The minimum Gasteiger partial charge on any atom is -0.481 e. The van der Waals surface area contributed by atoms with E-state index in [0.717, 1.165) is 10.8 Å². The second kappa shape index (κ2) is 4.84. The highest BCUT2D eigenvalue weighted by molar-refractivity contribution is 7.90. The lowest BCUT2D eigenvalue weighted by atomic mass is 10.4. The van der Waals surface area contributed by atoms with E-state index in [4.69, 9.17) is 10.5 Å². The molecule has 0 aliphatic carbocycles. The molecular weight excluding hydrogens is 312 g/mol. The van der Waals surface area contributed by atoms with Crippen LogP contribution in [0.25, 0.3) is 17.3 Å². The van der Waals surface area contributed by atoms with Gasteiger partial charge in [0.15, 0.2) is 0 Å². The van der Waals surface area contributed by atoms with Crippen LogP contribution in [0, 0.1) is 0 Å². The van der Waals surface area contributed by atoms with Crippen LogP contribution in [-0.2, 0) is 9.84 Å². The molecule has 3 aromatic heterocycles. The highest BCUT2D eigenvalue weighted by Crippen LogP contribution is 2.17. The van der Waals surface area contributed by atoms with Gasteiger partial charge in [-0.1, -0.05) is 0 Å². The van der Waals surface area contributed by atoms with Crippen LogP contribution >= 0.6 is 0 Å². The Morgan fingerprint density at radius 2 is 2.00 bits per heavy atom. The predicted octanol–water partition coefficient (Wildman–Crippen LogP) is -1.03. The number of anilines is 1. The molecule has 3 aromatic rings. The quantitative estimate of drug-likeness (QED) is 0.633. The molecule has 0 atom stereocenters. The summed E-state index contributed by atoms with van der Waals surface area (Å²) in [5, 5.41) is 3.68. The van der Waals surface area contributed by atoms with Crippen molar-refractivity contribution in [2.75, 3.05) is 19.1 Å². The average molecular weight is 322 g/mol. The molecule has 114 valence electrons. The second-order valence-corrected chi connectivity index (χ2v) is 6.14. The monoisotopic (exact) mass is 322 g/mol. The van der Waals surface area contributed by atoms with E-state index in [1.165, 1.54) is 19.5 Å². The molecule has 0 saturated carbocycles. The van der Waals surface area contributed by atoms with E-state index in [1.54, 1.807) is 0 Å². The number of fused-ring (bicyclic) bond motifs is 1. The van der Waals surface area contributed by atoms with Gasteiger partial charge < -0.3 is 10.5 Å². The number of nitrogen functional groups attached to an aromatic ring is 1. The Labute approximate surface area is 124 Å². The van der Waals surface area contributed by atoms with Crippen LogP contribution in [0.5, 0.6) is 5.88 Å². The van der Waals surface area contributed by atoms with Crippen molar-refractivity contribution >= 4 is 21.6 Å². The predicted molar refractivity (Wildman–Crippen MR) is 73.7 cm³/mol. The third-order valence-corrected chi connectivity index (χ3v) is 3.47. The van der Waals surface area contributed by atoms with Gasteiger partial charge in [0.25, 0.3) is 10.9 Å². The van der Waals surface area contributed by atoms with Gasteiger partial charge in [0.05, 0.1) is 7.11 Å². The van der Waals surface area contributed by atoms with Gasteiger partial charge in [-0.15, -0.1) is 5.10 Å². The number of hydrogen-bond donors (Lipinski definition) is 1. The molecule has 12 heteroatoms. The van der Waals surface area contributed by atoms with Crippen molar-refractivity contribution in [2.45, 2.75) is 5.16 Å². The van der Waals surface area contributed by atoms with E-state index < -0.39 is 15.0 Å². The first-order valence-electron chi connectivity index (χ1n) is 5.85. The Balaban J connectivity index is 2.19. The number of aromatic nitrogens is 7. The van der Waals surface area contributed by atoms with Crippen LogP contribution in [0.15, 0.2) is 17.6 Å². The number of hydrogen-bond acceptors (Lipinski definition) is 10. The number of nitrogens with two attached hydrogens (primary N) is 1. The molecule has 0 amide bonds. The molecule has 3 rings (SSSR count). The van der Waals surface area contributed by atoms with Crippen molar-refractivity contribution in [1.29, 1.82) is 0 Å². The normalized spacial score (nSPS) is 11.7. The zero-order valence-corrected chi connectivity index (χ0v) is 12.3. The van der Waals surface area contributed by atoms with Gasteiger partial charge in [-0.3, -0.25) is 0 Å². The molecule has 0 aromatic carbocycles. The molecule has 0 radical (unpaired) electrons. The Kier molecular flexibility index (Phi) is 3.09. The van der Waals surface area contributed by atoms with Crippen LogP contribution in [0.3, 0.4) is 0 Å². The summed E-state index contributed by atoms with van der Waals surface area (Å²) in [6.07, 6.45) is 2.27. The first-order chi connectivity index (χ1) is 10.4. The van der Waals surface area contributed by atoms with Crippen LogP contribution < -0.4 is 10.5 Å². The van der Waals surface area contributed by atoms with E-state index >= 15 is 0 Å². The fourth-order valence-corrected chi connectivity index (χ4v) is 2.14. The number of ether oxygens (including phenoxy) is 1. The molecule has 0 saturated heterocycles. The molecule has 0 fully saturated rings. The van der Waals surface area contributed by atoms with Crippen LogP contribution in [0.2, 0.25) is 0 Å². The highest BCUT2D eigenvalue weighted by atomic mass is 32.2. The van der Waals surface area contributed by atoms with Crippen molar-refractivity contribution in [2.24, 2.45) is 0 Å². The van der Waals surface area contributed by atoms with E-state index in [1.807, 2.05) is 0 Å². The Morgan fingerprint density at radius 1 is 1.23 bits per heavy atom. The molecule has 22 heavy (non-hydrogen) atoms. The lowest BCUT2D eigenvalue weighted by Crippen LogP contribution is -2.11. The van der Waals surface area contributed by atoms with E-state index in [0.29, 0.717) is 11.6 Å². The van der Waals surface area contributed by atoms with Crippen LogP contribution in [0.4, 0.5) is 5.95 Å². The minimum atomic E-state index is -3.61. The molecule has 0 aliphatic heterocycles. The molecule has 0 aliphatic rings. The zero-order chi connectivity index (χ0) is 15.9. The lowest BCUT2D eigenvalue weighted by molar-refractivity contribution is 0.397. The SMILES string of the molecule is COc1cc(-c2nc3nc(S(C)(=O)=O)nc(N)n3n2)ncn1. The van der Waals surface area contributed by atoms with Gasteiger partial charge >= 0.3 is 0 Å². The lowest BCUT2D eigenvalue weighted by Gasteiger charge is -1.99. The zero-order valence-electron chi connectivity index (χ0n) is 11.5. The molecule has 11 nitrogen and oxygen atoms in total. The molecular formula is C10H10N8O3S. The average Bonchev–Trinajstić information content (AvgIpc) is 2.91. The van der Waals surface area contributed by atoms with Crippen molar-refractivity contribution in [3.8, 4) is 17.4 Å². The van der Waals surface area contributed by atoms with Gasteiger partial charge in [0, 0.05) is 12.3 Å². The standard InChI is InChI=1S/C10H10N8O3S/c1-21-6-3-5(12-4-13-6)7-14-9-16-10(22(2,19)20)15-8(11)18(9)17-7/h3-4H,1-2H3,(H2,11,14,15,16,17). The number of nitrogens with zero attached hydrogens (tertiary/aromatic N) is 7. The Hall–Kier alpha value is -2.89. The summed E-state index contributed by atoms with van der Waals surface area (Å²) in [6, 6.07) is 1.52. The van der Waals surface area contributed by atoms with E-state index in [2.05, 4.69) is 30.0 Å². The topological polar surface area (TPSA) is 151 Å². The number of sulfone groups is 1. The Bertz CT molecular complexity index is 967. The van der Waals surface area contributed by atoms with Gasteiger partial charge in [0.1, 0.15) is 12.0 Å². The maximum atomic E-state index is 11.5. The maximum Gasteiger partial charge on any atom is 0.258 e. The fraction of sp³-hybridized carbons (Fsp3) is 0.200. The van der Waals surface area contributed by atoms with Crippen LogP contribution in [0.1, 0.15) is 0 Å². The first kappa shape index (κ1) is 14.1. The molecule has 0 spiro atoms. The molecule has 0 bridgehead atoms. The summed E-state index contributed by atoms with van der Waals surface area (Å²) in [5.74, 6) is 0.373. The fourth-order valence-electron chi connectivity index (χ4n) is 1.63. The van der Waals surface area contributed by atoms with Crippen molar-refractivity contribution in [3.05, 3.63) is 12.4 Å². The van der Waals surface area contributed by atoms with Crippen molar-refractivity contribution in [1.82, 2.24) is 34.5 Å².